The average Bonchev–Trinajstić information content (AvgIpc) is 2.24. The lowest BCUT2D eigenvalue weighted by Gasteiger charge is -2.06. The summed E-state index contributed by atoms with van der Waals surface area (Å²) in [7, 11) is 0. The third kappa shape index (κ3) is 3.48. The first kappa shape index (κ1) is 14.1. The summed E-state index contributed by atoms with van der Waals surface area (Å²) in [5.74, 6) is -0.609. The quantitative estimate of drug-likeness (QED) is 0.510. The topological polar surface area (TPSA) is 59.2 Å². The molecular formula is C10H10F2INO3. The number of hydrogen-bond donors (Lipinski definition) is 1. The summed E-state index contributed by atoms with van der Waals surface area (Å²) >= 11 is 1.78. The maximum atomic E-state index is 12.5. The van der Waals surface area contributed by atoms with Crippen molar-refractivity contribution in [1.29, 1.82) is 0 Å². The van der Waals surface area contributed by atoms with Gasteiger partial charge in [0, 0.05) is 11.8 Å². The lowest BCUT2D eigenvalue weighted by Crippen LogP contribution is -2.21. The normalized spacial score (nSPS) is 10.6. The van der Waals surface area contributed by atoms with Crippen LogP contribution >= 0.6 is 22.6 Å². The first-order valence-corrected chi connectivity index (χ1v) is 5.89. The lowest BCUT2D eigenvalue weighted by molar-refractivity contribution is -0.142. The lowest BCUT2D eigenvalue weighted by atomic mass is 10.1. The molecule has 0 fully saturated rings. The molecule has 0 bridgehead atoms. The van der Waals surface area contributed by atoms with Crippen molar-refractivity contribution in [2.24, 2.45) is 0 Å². The van der Waals surface area contributed by atoms with Gasteiger partial charge in [0.1, 0.15) is 0 Å². The maximum Gasteiger partial charge on any atom is 0.310 e. The molecule has 0 aromatic carbocycles. The molecule has 0 saturated carbocycles. The molecule has 0 radical (unpaired) electrons. The predicted octanol–water partition coefficient (Wildman–Crippen LogP) is 2.02. The van der Waals surface area contributed by atoms with Crippen LogP contribution in [-0.2, 0) is 16.0 Å². The van der Waals surface area contributed by atoms with Crippen molar-refractivity contribution < 1.29 is 18.3 Å². The third-order valence-electron chi connectivity index (χ3n) is 2.02. The van der Waals surface area contributed by atoms with Crippen LogP contribution in [0.2, 0.25) is 0 Å². The van der Waals surface area contributed by atoms with E-state index in [9.17, 15) is 18.4 Å². The Bertz CT molecular complexity index is 473. The van der Waals surface area contributed by atoms with E-state index < -0.39 is 23.4 Å². The van der Waals surface area contributed by atoms with Crippen LogP contribution in [0.1, 0.15) is 24.5 Å². The zero-order chi connectivity index (χ0) is 13.0. The molecule has 1 aromatic heterocycles. The molecule has 4 nitrogen and oxygen atoms in total. The Morgan fingerprint density at radius 1 is 1.59 bits per heavy atom. The van der Waals surface area contributed by atoms with Gasteiger partial charge in [-0.3, -0.25) is 9.59 Å². The molecule has 0 amide bonds. The van der Waals surface area contributed by atoms with Crippen LogP contribution in [0.5, 0.6) is 0 Å². The van der Waals surface area contributed by atoms with Gasteiger partial charge < -0.3 is 9.72 Å². The van der Waals surface area contributed by atoms with Gasteiger partial charge in [0.05, 0.1) is 22.3 Å². The average molecular weight is 357 g/mol. The molecule has 0 aliphatic rings. The van der Waals surface area contributed by atoms with Crippen molar-refractivity contribution in [3.8, 4) is 0 Å². The minimum absolute atomic E-state index is 0.0156. The molecule has 17 heavy (non-hydrogen) atoms. The first-order chi connectivity index (χ1) is 7.97. The highest BCUT2D eigenvalue weighted by atomic mass is 127. The van der Waals surface area contributed by atoms with Gasteiger partial charge in [-0.05, 0) is 29.5 Å². The van der Waals surface area contributed by atoms with E-state index in [1.807, 2.05) is 0 Å². The van der Waals surface area contributed by atoms with E-state index in [0.29, 0.717) is 3.70 Å². The number of alkyl halides is 2. The summed E-state index contributed by atoms with van der Waals surface area (Å²) in [6, 6.07) is 0. The van der Waals surface area contributed by atoms with E-state index in [2.05, 4.69) is 9.72 Å². The molecule has 1 aromatic rings. The highest BCUT2D eigenvalue weighted by Gasteiger charge is 2.19. The first-order valence-electron chi connectivity index (χ1n) is 4.81. The van der Waals surface area contributed by atoms with Crippen molar-refractivity contribution in [2.75, 3.05) is 6.61 Å². The molecule has 0 atom stereocenters. The Hall–Kier alpha value is -0.990. The fourth-order valence-corrected chi connectivity index (χ4v) is 1.84. The van der Waals surface area contributed by atoms with Gasteiger partial charge in [0.2, 0.25) is 0 Å². The standard InChI is InChI=1S/C10H10F2INO3/c1-2-17-7(15)3-5-8(16)6(9(11)12)4-14-10(5)13/h4,9H,2-3H2,1H3,(H,14,16). The van der Waals surface area contributed by atoms with Crippen LogP contribution in [0.3, 0.4) is 0 Å². The molecule has 0 saturated heterocycles. The molecule has 0 aliphatic carbocycles. The van der Waals surface area contributed by atoms with Gasteiger partial charge in [0.25, 0.3) is 6.43 Å². The number of carbonyl (C=O) groups excluding carboxylic acids is 1. The van der Waals surface area contributed by atoms with Crippen molar-refractivity contribution in [3.05, 3.63) is 31.2 Å². The van der Waals surface area contributed by atoms with Crippen LogP contribution in [0.25, 0.3) is 0 Å². The molecule has 7 heteroatoms. The van der Waals surface area contributed by atoms with E-state index in [-0.39, 0.29) is 18.6 Å². The highest BCUT2D eigenvalue weighted by Crippen LogP contribution is 2.16. The number of carbonyl (C=O) groups is 1. The van der Waals surface area contributed by atoms with Crippen molar-refractivity contribution in [3.63, 3.8) is 0 Å². The van der Waals surface area contributed by atoms with Gasteiger partial charge in [-0.1, -0.05) is 0 Å². The van der Waals surface area contributed by atoms with Gasteiger partial charge in [0.15, 0.2) is 5.43 Å². The second-order valence-electron chi connectivity index (χ2n) is 3.15. The molecule has 94 valence electrons. The molecule has 1 rings (SSSR count). The maximum absolute atomic E-state index is 12.5. The number of rotatable bonds is 4. The second-order valence-corrected chi connectivity index (χ2v) is 4.23. The molecule has 0 unspecified atom stereocenters. The monoisotopic (exact) mass is 357 g/mol. The number of aromatic nitrogens is 1. The summed E-state index contributed by atoms with van der Waals surface area (Å²) in [5, 5.41) is 0. The number of nitrogens with one attached hydrogen (secondary N) is 1. The second kappa shape index (κ2) is 6.08. The summed E-state index contributed by atoms with van der Waals surface area (Å²) in [5.41, 5.74) is -1.43. The van der Waals surface area contributed by atoms with E-state index in [0.717, 1.165) is 6.20 Å². The van der Waals surface area contributed by atoms with E-state index in [1.54, 1.807) is 29.5 Å². The van der Waals surface area contributed by atoms with Gasteiger partial charge in [-0.2, -0.15) is 0 Å². The number of hydrogen-bond acceptors (Lipinski definition) is 3. The number of ether oxygens (including phenoxy) is 1. The van der Waals surface area contributed by atoms with Crippen LogP contribution in [0.4, 0.5) is 8.78 Å². The summed E-state index contributed by atoms with van der Waals surface area (Å²) in [6.07, 6.45) is -2.21. The Morgan fingerprint density at radius 3 is 2.76 bits per heavy atom. The van der Waals surface area contributed by atoms with E-state index >= 15 is 0 Å². The minimum Gasteiger partial charge on any atom is -0.466 e. The van der Waals surface area contributed by atoms with Crippen LogP contribution in [0.15, 0.2) is 11.0 Å². The molecule has 0 aliphatic heterocycles. The fraction of sp³-hybridized carbons (Fsp3) is 0.400. The van der Waals surface area contributed by atoms with Gasteiger partial charge in [-0.25, -0.2) is 8.78 Å². The van der Waals surface area contributed by atoms with Crippen LogP contribution in [0, 0.1) is 3.70 Å². The van der Waals surface area contributed by atoms with Gasteiger partial charge >= 0.3 is 5.97 Å². The van der Waals surface area contributed by atoms with Crippen molar-refractivity contribution in [2.45, 2.75) is 19.8 Å². The fourth-order valence-electron chi connectivity index (χ4n) is 1.24. The highest BCUT2D eigenvalue weighted by molar-refractivity contribution is 14.1. The Balaban J connectivity index is 3.10. The van der Waals surface area contributed by atoms with E-state index in [1.165, 1.54) is 0 Å². The molecule has 0 spiro atoms. The Kier molecular flexibility index (Phi) is 5.03. The summed E-state index contributed by atoms with van der Waals surface area (Å²) in [6.45, 7) is 1.81. The van der Waals surface area contributed by atoms with Crippen LogP contribution in [-0.4, -0.2) is 17.6 Å². The number of aromatic amines is 1. The van der Waals surface area contributed by atoms with E-state index in [4.69, 9.17) is 0 Å². The zero-order valence-corrected chi connectivity index (χ0v) is 11.1. The summed E-state index contributed by atoms with van der Waals surface area (Å²) in [4.78, 5) is 25.4. The number of esters is 1. The Morgan fingerprint density at radius 2 is 2.24 bits per heavy atom. The number of pyridine rings is 1. The molecule has 1 N–H and O–H groups in total. The van der Waals surface area contributed by atoms with Crippen molar-refractivity contribution in [1.82, 2.24) is 4.98 Å². The molecule has 1 heterocycles. The minimum atomic E-state index is -2.86. The Labute approximate surface area is 110 Å². The number of H-pyrrole nitrogens is 1. The molecular weight excluding hydrogens is 347 g/mol. The largest absolute Gasteiger partial charge is 0.466 e. The summed E-state index contributed by atoms with van der Waals surface area (Å²) < 4.78 is 30.0. The smallest absolute Gasteiger partial charge is 0.310 e. The third-order valence-corrected chi connectivity index (χ3v) is 2.98. The zero-order valence-electron chi connectivity index (χ0n) is 8.93. The van der Waals surface area contributed by atoms with Gasteiger partial charge in [-0.15, -0.1) is 0 Å². The number of halogens is 3. The predicted molar refractivity (Wildman–Crippen MR) is 65.1 cm³/mol. The SMILES string of the molecule is CCOC(=O)Cc1c(I)[nH]cc(C(F)F)c1=O. The van der Waals surface area contributed by atoms with Crippen molar-refractivity contribution >= 4 is 28.6 Å². The van der Waals surface area contributed by atoms with Crippen LogP contribution < -0.4 is 5.43 Å².